The molecule has 0 bridgehead atoms. The van der Waals surface area contributed by atoms with E-state index < -0.39 is 33.0 Å². The van der Waals surface area contributed by atoms with Gasteiger partial charge in [-0.15, -0.1) is 0 Å². The molecule has 2 unspecified atom stereocenters. The molecule has 1 aromatic carbocycles. The maximum absolute atomic E-state index is 13.0. The lowest BCUT2D eigenvalue weighted by atomic mass is 9.87. The highest BCUT2D eigenvalue weighted by molar-refractivity contribution is 7.91. The van der Waals surface area contributed by atoms with Crippen LogP contribution in [0.5, 0.6) is 0 Å². The molecule has 0 saturated carbocycles. The molecular formula is C16H16FN5O3S. The van der Waals surface area contributed by atoms with Gasteiger partial charge in [-0.2, -0.15) is 10.4 Å². The number of benzene rings is 1. The molecule has 0 aliphatic carbocycles. The van der Waals surface area contributed by atoms with Gasteiger partial charge >= 0.3 is 0 Å². The highest BCUT2D eigenvalue weighted by Crippen LogP contribution is 2.40. The van der Waals surface area contributed by atoms with Crippen molar-refractivity contribution < 1.29 is 17.6 Å². The number of hydrogen-bond donors (Lipinski definition) is 2. The summed E-state index contributed by atoms with van der Waals surface area (Å²) in [6.45, 7) is 1.54. The Morgan fingerprint density at radius 3 is 2.69 bits per heavy atom. The number of nitriles is 1. The second-order valence-electron chi connectivity index (χ2n) is 6.47. The Morgan fingerprint density at radius 1 is 1.46 bits per heavy atom. The summed E-state index contributed by atoms with van der Waals surface area (Å²) in [5.41, 5.74) is 4.72. The van der Waals surface area contributed by atoms with Crippen molar-refractivity contribution in [1.82, 2.24) is 9.78 Å². The van der Waals surface area contributed by atoms with Gasteiger partial charge in [0.15, 0.2) is 15.7 Å². The van der Waals surface area contributed by atoms with E-state index in [1.807, 2.05) is 6.07 Å². The fourth-order valence-corrected chi connectivity index (χ4v) is 5.30. The van der Waals surface area contributed by atoms with Gasteiger partial charge in [-0.1, -0.05) is 0 Å². The Balaban J connectivity index is 2.01. The lowest BCUT2D eigenvalue weighted by molar-refractivity contribution is 0.100. The minimum Gasteiger partial charge on any atom is -0.365 e. The molecule has 1 amide bonds. The van der Waals surface area contributed by atoms with E-state index in [9.17, 15) is 22.9 Å². The molecule has 2 atom stereocenters. The number of carbonyl (C=O) groups excluding carboxylic acids is 1. The van der Waals surface area contributed by atoms with Gasteiger partial charge in [0.25, 0.3) is 5.91 Å². The van der Waals surface area contributed by atoms with Crippen LogP contribution in [0.3, 0.4) is 0 Å². The summed E-state index contributed by atoms with van der Waals surface area (Å²) in [5, 5.41) is 16.5. The molecule has 1 aromatic heterocycles. The number of nitrogens with zero attached hydrogens (tertiary/aromatic N) is 3. The van der Waals surface area contributed by atoms with Crippen molar-refractivity contribution in [2.45, 2.75) is 13.0 Å². The predicted octanol–water partition coefficient (Wildman–Crippen LogP) is 1.36. The summed E-state index contributed by atoms with van der Waals surface area (Å²) in [6, 6.07) is 6.67. The van der Waals surface area contributed by atoms with Crippen LogP contribution in [0.4, 0.5) is 15.9 Å². The molecule has 1 fully saturated rings. The molecule has 10 heteroatoms. The minimum atomic E-state index is -3.41. The summed E-state index contributed by atoms with van der Waals surface area (Å²) in [5.74, 6) is -1.62. The Kier molecular flexibility index (Phi) is 4.20. The summed E-state index contributed by atoms with van der Waals surface area (Å²) < 4.78 is 38.3. The van der Waals surface area contributed by atoms with Gasteiger partial charge in [0.1, 0.15) is 11.4 Å². The Morgan fingerprint density at radius 2 is 2.12 bits per heavy atom. The summed E-state index contributed by atoms with van der Waals surface area (Å²) in [7, 11) is -3.41. The molecular weight excluding hydrogens is 361 g/mol. The fourth-order valence-electron chi connectivity index (χ4n) is 3.01. The number of halogens is 1. The van der Waals surface area contributed by atoms with E-state index in [-0.39, 0.29) is 22.9 Å². The van der Waals surface area contributed by atoms with E-state index in [1.165, 1.54) is 35.1 Å². The summed E-state index contributed by atoms with van der Waals surface area (Å²) in [4.78, 5) is 11.7. The Hall–Kier alpha value is -2.93. The largest absolute Gasteiger partial charge is 0.365 e. The number of carbonyl (C=O) groups is 1. The Bertz CT molecular complexity index is 1010. The Labute approximate surface area is 149 Å². The average molecular weight is 377 g/mol. The number of aromatic nitrogens is 2. The van der Waals surface area contributed by atoms with Gasteiger partial charge < -0.3 is 11.1 Å². The predicted molar refractivity (Wildman–Crippen MR) is 91.8 cm³/mol. The molecule has 3 rings (SSSR count). The van der Waals surface area contributed by atoms with E-state index in [1.54, 1.807) is 6.92 Å². The van der Waals surface area contributed by atoms with Gasteiger partial charge in [-0.25, -0.2) is 12.8 Å². The third-order valence-corrected chi connectivity index (χ3v) is 6.21. The maximum Gasteiger partial charge on any atom is 0.254 e. The molecule has 26 heavy (non-hydrogen) atoms. The lowest BCUT2D eigenvalue weighted by Gasteiger charge is -2.22. The topological polar surface area (TPSA) is 131 Å². The zero-order valence-corrected chi connectivity index (χ0v) is 14.6. The first-order chi connectivity index (χ1) is 12.1. The van der Waals surface area contributed by atoms with Gasteiger partial charge in [-0.05, 0) is 31.2 Å². The minimum absolute atomic E-state index is 0.0407. The molecule has 8 nitrogen and oxygen atoms in total. The second kappa shape index (κ2) is 6.10. The van der Waals surface area contributed by atoms with Crippen molar-refractivity contribution in [3.05, 3.63) is 41.8 Å². The van der Waals surface area contributed by atoms with Crippen LogP contribution >= 0.6 is 0 Å². The molecule has 1 aliphatic heterocycles. The van der Waals surface area contributed by atoms with E-state index in [2.05, 4.69) is 10.4 Å². The number of nitrogens with two attached hydrogens (primary N) is 1. The number of hydrogen-bond acceptors (Lipinski definition) is 6. The molecule has 3 N–H and O–H groups in total. The lowest BCUT2D eigenvalue weighted by Crippen LogP contribution is -2.27. The highest BCUT2D eigenvalue weighted by Gasteiger charge is 2.49. The van der Waals surface area contributed by atoms with E-state index in [4.69, 9.17) is 5.73 Å². The third kappa shape index (κ3) is 3.25. The SMILES string of the molecule is CC1(C#N)CS(=O)(=O)CC1n1cc(C(N)=O)c(Nc2ccc(F)cc2)n1. The van der Waals surface area contributed by atoms with Crippen molar-refractivity contribution >= 4 is 27.2 Å². The van der Waals surface area contributed by atoms with Crippen LogP contribution in [0.25, 0.3) is 0 Å². The third-order valence-electron chi connectivity index (χ3n) is 4.35. The highest BCUT2D eigenvalue weighted by atomic mass is 32.2. The van der Waals surface area contributed by atoms with Crippen LogP contribution in [0, 0.1) is 22.6 Å². The molecule has 0 spiro atoms. The normalized spacial score (nSPS) is 24.1. The van der Waals surface area contributed by atoms with Gasteiger partial charge in [-0.3, -0.25) is 9.48 Å². The second-order valence-corrected chi connectivity index (χ2v) is 8.58. The number of primary amides is 1. The standard InChI is InChI=1S/C16H16FN5O3S/c1-16(8-18)9-26(24,25)7-13(16)22-6-12(14(19)23)15(21-22)20-11-4-2-10(17)3-5-11/h2-6,13H,7,9H2,1H3,(H2,19,23)(H,20,21). The van der Waals surface area contributed by atoms with Crippen molar-refractivity contribution in [2.75, 3.05) is 16.8 Å². The van der Waals surface area contributed by atoms with E-state index >= 15 is 0 Å². The number of amides is 1. The molecule has 0 radical (unpaired) electrons. The number of rotatable bonds is 4. The van der Waals surface area contributed by atoms with Crippen LogP contribution in [-0.2, 0) is 9.84 Å². The summed E-state index contributed by atoms with van der Waals surface area (Å²) in [6.07, 6.45) is 1.33. The van der Waals surface area contributed by atoms with Crippen LogP contribution in [0.2, 0.25) is 0 Å². The van der Waals surface area contributed by atoms with Crippen molar-refractivity contribution in [1.29, 1.82) is 5.26 Å². The summed E-state index contributed by atoms with van der Waals surface area (Å²) >= 11 is 0. The number of nitrogens with one attached hydrogen (secondary N) is 1. The number of sulfone groups is 1. The zero-order valence-electron chi connectivity index (χ0n) is 13.8. The molecule has 2 heterocycles. The van der Waals surface area contributed by atoms with Gasteiger partial charge in [0.2, 0.25) is 0 Å². The average Bonchev–Trinajstić information content (AvgIpc) is 3.08. The monoisotopic (exact) mass is 377 g/mol. The zero-order chi connectivity index (χ0) is 19.1. The van der Waals surface area contributed by atoms with Crippen molar-refractivity contribution in [3.63, 3.8) is 0 Å². The maximum atomic E-state index is 13.0. The van der Waals surface area contributed by atoms with E-state index in [0.29, 0.717) is 5.69 Å². The van der Waals surface area contributed by atoms with Crippen LogP contribution in [0.15, 0.2) is 30.5 Å². The molecule has 136 valence electrons. The van der Waals surface area contributed by atoms with Gasteiger partial charge in [0, 0.05) is 11.9 Å². The molecule has 1 saturated heterocycles. The fraction of sp³-hybridized carbons (Fsp3) is 0.312. The molecule has 1 aliphatic rings. The van der Waals surface area contributed by atoms with Crippen molar-refractivity contribution in [2.24, 2.45) is 11.1 Å². The first kappa shape index (κ1) is 17.9. The van der Waals surface area contributed by atoms with Crippen LogP contribution in [0.1, 0.15) is 23.3 Å². The van der Waals surface area contributed by atoms with E-state index in [0.717, 1.165) is 0 Å². The number of anilines is 2. The van der Waals surface area contributed by atoms with Gasteiger partial charge in [0.05, 0.1) is 29.0 Å². The smallest absolute Gasteiger partial charge is 0.254 e. The van der Waals surface area contributed by atoms with Crippen LogP contribution < -0.4 is 11.1 Å². The molecule has 2 aromatic rings. The first-order valence-electron chi connectivity index (χ1n) is 7.67. The van der Waals surface area contributed by atoms with Crippen molar-refractivity contribution in [3.8, 4) is 6.07 Å². The quantitative estimate of drug-likeness (QED) is 0.827. The van der Waals surface area contributed by atoms with Crippen LogP contribution in [-0.4, -0.2) is 35.6 Å². The first-order valence-corrected chi connectivity index (χ1v) is 9.49.